The molecule has 2 atom stereocenters. The zero-order valence-electron chi connectivity index (χ0n) is 16.3. The van der Waals surface area contributed by atoms with Crippen molar-refractivity contribution in [3.8, 4) is 0 Å². The van der Waals surface area contributed by atoms with Gasteiger partial charge in [0.1, 0.15) is 18.3 Å². The van der Waals surface area contributed by atoms with Crippen molar-refractivity contribution >= 4 is 11.8 Å². The maximum Gasteiger partial charge on any atom is 0.316 e. The van der Waals surface area contributed by atoms with Gasteiger partial charge in [-0.1, -0.05) is 60.7 Å². The standard InChI is InChI=1S/C23H28O4/c1-17(2)27-22(20-12-8-5-9-13-20)15-14-21(18(3)24)23(25)26-16-19-10-6-4-7-11-19/h4-13,17,21-22H,14-16H2,1-3H3. The van der Waals surface area contributed by atoms with E-state index in [0.717, 1.165) is 11.1 Å². The molecule has 0 spiro atoms. The lowest BCUT2D eigenvalue weighted by molar-refractivity contribution is -0.153. The molecule has 0 aliphatic heterocycles. The number of esters is 1. The summed E-state index contributed by atoms with van der Waals surface area (Å²) in [5.41, 5.74) is 1.95. The molecule has 27 heavy (non-hydrogen) atoms. The normalized spacial score (nSPS) is 13.2. The van der Waals surface area contributed by atoms with Gasteiger partial charge in [-0.3, -0.25) is 9.59 Å². The highest BCUT2D eigenvalue weighted by molar-refractivity contribution is 5.97. The van der Waals surface area contributed by atoms with Gasteiger partial charge in [0, 0.05) is 0 Å². The number of benzene rings is 2. The molecule has 0 aliphatic carbocycles. The summed E-state index contributed by atoms with van der Waals surface area (Å²) in [5.74, 6) is -1.41. The van der Waals surface area contributed by atoms with Crippen LogP contribution in [0.5, 0.6) is 0 Å². The lowest BCUT2D eigenvalue weighted by Crippen LogP contribution is -2.25. The SMILES string of the molecule is CC(=O)C(CCC(OC(C)C)c1ccccc1)C(=O)OCc1ccccc1. The number of ketones is 1. The minimum absolute atomic E-state index is 0.0519. The van der Waals surface area contributed by atoms with Crippen LogP contribution in [0.2, 0.25) is 0 Å². The van der Waals surface area contributed by atoms with Crippen LogP contribution in [-0.2, 0) is 25.7 Å². The van der Waals surface area contributed by atoms with Crippen LogP contribution in [-0.4, -0.2) is 17.9 Å². The van der Waals surface area contributed by atoms with E-state index in [9.17, 15) is 9.59 Å². The van der Waals surface area contributed by atoms with Crippen molar-refractivity contribution in [2.75, 3.05) is 0 Å². The van der Waals surface area contributed by atoms with Crippen LogP contribution in [0.3, 0.4) is 0 Å². The fourth-order valence-electron chi connectivity index (χ4n) is 2.94. The van der Waals surface area contributed by atoms with E-state index in [1.54, 1.807) is 0 Å². The predicted octanol–water partition coefficient (Wildman–Crippen LogP) is 4.88. The Kier molecular flexibility index (Phi) is 8.21. The van der Waals surface area contributed by atoms with Crippen molar-refractivity contribution in [2.45, 2.75) is 52.4 Å². The van der Waals surface area contributed by atoms with Gasteiger partial charge < -0.3 is 9.47 Å². The number of hydrogen-bond donors (Lipinski definition) is 0. The third-order valence-electron chi connectivity index (χ3n) is 4.32. The fraction of sp³-hybridized carbons (Fsp3) is 0.391. The summed E-state index contributed by atoms with van der Waals surface area (Å²) in [6.07, 6.45) is 0.869. The first-order valence-electron chi connectivity index (χ1n) is 9.38. The third kappa shape index (κ3) is 6.99. The van der Waals surface area contributed by atoms with Crippen LogP contribution >= 0.6 is 0 Å². The van der Waals surface area contributed by atoms with Crippen LogP contribution in [0.25, 0.3) is 0 Å². The third-order valence-corrected chi connectivity index (χ3v) is 4.32. The summed E-state index contributed by atoms with van der Waals surface area (Å²) < 4.78 is 11.4. The second-order valence-corrected chi connectivity index (χ2v) is 6.92. The van der Waals surface area contributed by atoms with E-state index >= 15 is 0 Å². The number of hydrogen-bond acceptors (Lipinski definition) is 4. The number of ether oxygens (including phenoxy) is 2. The molecule has 0 saturated heterocycles. The van der Waals surface area contributed by atoms with E-state index in [0.29, 0.717) is 12.8 Å². The molecule has 0 radical (unpaired) electrons. The molecule has 0 aliphatic rings. The molecule has 0 amide bonds. The number of rotatable bonds is 10. The van der Waals surface area contributed by atoms with Crippen LogP contribution in [0, 0.1) is 5.92 Å². The minimum Gasteiger partial charge on any atom is -0.460 e. The highest BCUT2D eigenvalue weighted by Crippen LogP contribution is 2.27. The molecule has 4 heteroatoms. The lowest BCUT2D eigenvalue weighted by atomic mass is 9.94. The highest BCUT2D eigenvalue weighted by Gasteiger charge is 2.27. The van der Waals surface area contributed by atoms with E-state index in [1.165, 1.54) is 6.92 Å². The molecule has 0 fully saturated rings. The Morgan fingerprint density at radius 3 is 2.04 bits per heavy atom. The van der Waals surface area contributed by atoms with Gasteiger partial charge in [0.2, 0.25) is 0 Å². The highest BCUT2D eigenvalue weighted by atomic mass is 16.5. The summed E-state index contributed by atoms with van der Waals surface area (Å²) in [5, 5.41) is 0. The summed E-state index contributed by atoms with van der Waals surface area (Å²) in [6, 6.07) is 19.3. The van der Waals surface area contributed by atoms with Crippen molar-refractivity contribution in [3.05, 3.63) is 71.8 Å². The molecular weight excluding hydrogens is 340 g/mol. The summed E-state index contributed by atoms with van der Waals surface area (Å²) in [6.45, 7) is 5.57. The Labute approximate surface area is 161 Å². The first-order chi connectivity index (χ1) is 13.0. The van der Waals surface area contributed by atoms with E-state index in [-0.39, 0.29) is 24.6 Å². The Balaban J connectivity index is 1.98. The Bertz CT molecular complexity index is 710. The van der Waals surface area contributed by atoms with Gasteiger partial charge in [-0.25, -0.2) is 0 Å². The van der Waals surface area contributed by atoms with Gasteiger partial charge in [-0.15, -0.1) is 0 Å². The maximum absolute atomic E-state index is 12.4. The average Bonchev–Trinajstić information content (AvgIpc) is 2.66. The molecule has 2 aromatic rings. The molecule has 2 aromatic carbocycles. The Morgan fingerprint density at radius 2 is 1.48 bits per heavy atom. The zero-order chi connectivity index (χ0) is 19.6. The Morgan fingerprint density at radius 1 is 0.889 bits per heavy atom. The van der Waals surface area contributed by atoms with Crippen LogP contribution in [0.4, 0.5) is 0 Å². The molecule has 144 valence electrons. The summed E-state index contributed by atoms with van der Waals surface area (Å²) >= 11 is 0. The van der Waals surface area contributed by atoms with E-state index in [1.807, 2.05) is 74.5 Å². The average molecular weight is 368 g/mol. The van der Waals surface area contributed by atoms with Gasteiger partial charge >= 0.3 is 5.97 Å². The monoisotopic (exact) mass is 368 g/mol. The summed E-state index contributed by atoms with van der Waals surface area (Å²) in [7, 11) is 0. The maximum atomic E-state index is 12.4. The van der Waals surface area contributed by atoms with Crippen molar-refractivity contribution in [1.82, 2.24) is 0 Å². The largest absolute Gasteiger partial charge is 0.460 e. The van der Waals surface area contributed by atoms with Crippen molar-refractivity contribution in [3.63, 3.8) is 0 Å². The quantitative estimate of drug-likeness (QED) is 0.443. The smallest absolute Gasteiger partial charge is 0.316 e. The van der Waals surface area contributed by atoms with Crippen molar-refractivity contribution in [2.24, 2.45) is 5.92 Å². The van der Waals surface area contributed by atoms with Crippen LogP contribution in [0.1, 0.15) is 50.8 Å². The van der Waals surface area contributed by atoms with E-state index < -0.39 is 11.9 Å². The second-order valence-electron chi connectivity index (χ2n) is 6.92. The molecule has 0 bridgehead atoms. The van der Waals surface area contributed by atoms with Gasteiger partial charge in [-0.2, -0.15) is 0 Å². The molecule has 0 heterocycles. The molecular formula is C23H28O4. The molecule has 0 saturated carbocycles. The molecule has 2 unspecified atom stereocenters. The predicted molar refractivity (Wildman–Crippen MR) is 105 cm³/mol. The summed E-state index contributed by atoms with van der Waals surface area (Å²) in [4.78, 5) is 24.5. The van der Waals surface area contributed by atoms with Gasteiger partial charge in [0.05, 0.1) is 12.2 Å². The molecule has 0 N–H and O–H groups in total. The fourth-order valence-corrected chi connectivity index (χ4v) is 2.94. The zero-order valence-corrected chi connectivity index (χ0v) is 16.3. The minimum atomic E-state index is -0.768. The van der Waals surface area contributed by atoms with Gasteiger partial charge in [0.15, 0.2) is 0 Å². The van der Waals surface area contributed by atoms with Crippen molar-refractivity contribution < 1.29 is 19.1 Å². The van der Waals surface area contributed by atoms with Crippen LogP contribution in [0.15, 0.2) is 60.7 Å². The topological polar surface area (TPSA) is 52.6 Å². The molecule has 0 aromatic heterocycles. The van der Waals surface area contributed by atoms with E-state index in [2.05, 4.69) is 0 Å². The van der Waals surface area contributed by atoms with E-state index in [4.69, 9.17) is 9.47 Å². The molecule has 4 nitrogen and oxygen atoms in total. The van der Waals surface area contributed by atoms with Crippen molar-refractivity contribution in [1.29, 1.82) is 0 Å². The van der Waals surface area contributed by atoms with Crippen LogP contribution < -0.4 is 0 Å². The number of carbonyl (C=O) groups excluding carboxylic acids is 2. The van der Waals surface area contributed by atoms with Gasteiger partial charge in [0.25, 0.3) is 0 Å². The first-order valence-corrected chi connectivity index (χ1v) is 9.38. The number of Topliss-reactive ketones (excluding diaryl/α,β-unsaturated/α-hetero) is 1. The lowest BCUT2D eigenvalue weighted by Gasteiger charge is -2.22. The Hall–Kier alpha value is -2.46. The first kappa shape index (κ1) is 20.8. The number of carbonyl (C=O) groups is 2. The second kappa shape index (κ2) is 10.6. The molecule has 2 rings (SSSR count). The van der Waals surface area contributed by atoms with Gasteiger partial charge in [-0.05, 0) is 44.7 Å².